The SMILES string of the molecule is CNC(=O)COc1ccccc1-c1cccc([C@@H](C)N2CCCC2)c1. The fraction of sp³-hybridized carbons (Fsp3) is 0.381. The molecule has 1 fully saturated rings. The van der Waals surface area contributed by atoms with Gasteiger partial charge in [-0.3, -0.25) is 9.69 Å². The Balaban J connectivity index is 1.84. The molecule has 4 heteroatoms. The Bertz CT molecular complexity index is 723. The van der Waals surface area contributed by atoms with Crippen LogP contribution in [0.15, 0.2) is 48.5 Å². The standard InChI is InChI=1S/C21H26N2O2/c1-16(23-12-5-6-13-23)17-8-7-9-18(14-17)19-10-3-4-11-20(19)25-15-21(24)22-2/h3-4,7-11,14,16H,5-6,12-13,15H2,1-2H3,(H,22,24)/t16-/m1/s1. The molecule has 1 saturated heterocycles. The zero-order chi connectivity index (χ0) is 17.6. The number of nitrogens with zero attached hydrogens (tertiary/aromatic N) is 1. The van der Waals surface area contributed by atoms with Crippen LogP contribution in [0.4, 0.5) is 0 Å². The van der Waals surface area contributed by atoms with Gasteiger partial charge in [0.05, 0.1) is 0 Å². The quantitative estimate of drug-likeness (QED) is 0.874. The van der Waals surface area contributed by atoms with Gasteiger partial charge < -0.3 is 10.1 Å². The first-order valence-corrected chi connectivity index (χ1v) is 8.96. The van der Waals surface area contributed by atoms with Crippen LogP contribution in [-0.2, 0) is 4.79 Å². The third kappa shape index (κ3) is 4.20. The third-order valence-corrected chi connectivity index (χ3v) is 4.89. The molecule has 25 heavy (non-hydrogen) atoms. The summed E-state index contributed by atoms with van der Waals surface area (Å²) in [5.74, 6) is 0.600. The average molecular weight is 338 g/mol. The van der Waals surface area contributed by atoms with Crippen molar-refractivity contribution in [2.45, 2.75) is 25.8 Å². The molecule has 1 atom stereocenters. The predicted molar refractivity (Wildman–Crippen MR) is 101 cm³/mol. The number of benzene rings is 2. The molecule has 0 bridgehead atoms. The van der Waals surface area contributed by atoms with Crippen LogP contribution < -0.4 is 10.1 Å². The van der Waals surface area contributed by atoms with Gasteiger partial charge in [0.15, 0.2) is 6.61 Å². The van der Waals surface area contributed by atoms with Gasteiger partial charge in [-0.15, -0.1) is 0 Å². The van der Waals surface area contributed by atoms with Crippen molar-refractivity contribution in [3.8, 4) is 16.9 Å². The number of ether oxygens (including phenoxy) is 1. The first-order valence-electron chi connectivity index (χ1n) is 8.96. The third-order valence-electron chi connectivity index (χ3n) is 4.89. The molecule has 0 saturated carbocycles. The smallest absolute Gasteiger partial charge is 0.257 e. The number of rotatable bonds is 6. The molecule has 0 radical (unpaired) electrons. The molecule has 0 spiro atoms. The summed E-state index contributed by atoms with van der Waals surface area (Å²) < 4.78 is 5.72. The van der Waals surface area contributed by atoms with Crippen LogP contribution >= 0.6 is 0 Å². The minimum atomic E-state index is -0.133. The summed E-state index contributed by atoms with van der Waals surface area (Å²) in [5, 5.41) is 2.58. The summed E-state index contributed by atoms with van der Waals surface area (Å²) in [5.41, 5.74) is 3.46. The molecule has 0 aliphatic carbocycles. The second-order valence-electron chi connectivity index (χ2n) is 6.50. The molecular formula is C21H26N2O2. The Morgan fingerprint density at radius 2 is 1.92 bits per heavy atom. The van der Waals surface area contributed by atoms with Crippen molar-refractivity contribution in [3.05, 3.63) is 54.1 Å². The topological polar surface area (TPSA) is 41.6 Å². The summed E-state index contributed by atoms with van der Waals surface area (Å²) in [6.45, 7) is 4.66. The van der Waals surface area contributed by atoms with Crippen molar-refractivity contribution in [3.63, 3.8) is 0 Å². The van der Waals surface area contributed by atoms with E-state index >= 15 is 0 Å². The Hall–Kier alpha value is -2.33. The van der Waals surface area contributed by atoms with Crippen LogP contribution in [0.3, 0.4) is 0 Å². The highest BCUT2D eigenvalue weighted by Crippen LogP contribution is 2.33. The van der Waals surface area contributed by atoms with E-state index in [4.69, 9.17) is 4.74 Å². The zero-order valence-corrected chi connectivity index (χ0v) is 15.0. The monoisotopic (exact) mass is 338 g/mol. The molecule has 3 rings (SSSR count). The van der Waals surface area contributed by atoms with Crippen LogP contribution in [0.1, 0.15) is 31.4 Å². The Morgan fingerprint density at radius 3 is 2.68 bits per heavy atom. The van der Waals surface area contributed by atoms with E-state index in [-0.39, 0.29) is 12.5 Å². The van der Waals surface area contributed by atoms with Gasteiger partial charge in [-0.25, -0.2) is 0 Å². The van der Waals surface area contributed by atoms with Crippen molar-refractivity contribution in [2.75, 3.05) is 26.7 Å². The highest BCUT2D eigenvalue weighted by Gasteiger charge is 2.20. The van der Waals surface area contributed by atoms with Crippen LogP contribution in [-0.4, -0.2) is 37.6 Å². The van der Waals surface area contributed by atoms with Gasteiger partial charge in [-0.1, -0.05) is 36.4 Å². The van der Waals surface area contributed by atoms with Crippen molar-refractivity contribution in [1.29, 1.82) is 0 Å². The first-order chi connectivity index (χ1) is 12.2. The normalized spacial score (nSPS) is 15.8. The number of likely N-dealkylation sites (tertiary alicyclic amines) is 1. The lowest BCUT2D eigenvalue weighted by Gasteiger charge is -2.24. The van der Waals surface area contributed by atoms with E-state index in [9.17, 15) is 4.79 Å². The molecule has 4 nitrogen and oxygen atoms in total. The van der Waals surface area contributed by atoms with Gasteiger partial charge in [0.25, 0.3) is 5.91 Å². The molecule has 0 unspecified atom stereocenters. The highest BCUT2D eigenvalue weighted by atomic mass is 16.5. The Morgan fingerprint density at radius 1 is 1.16 bits per heavy atom. The molecule has 132 valence electrons. The maximum atomic E-state index is 11.5. The van der Waals surface area contributed by atoms with Crippen LogP contribution in [0, 0.1) is 0 Å². The summed E-state index contributed by atoms with van der Waals surface area (Å²) in [6, 6.07) is 16.9. The van der Waals surface area contributed by atoms with Gasteiger partial charge in [0.1, 0.15) is 5.75 Å². The van der Waals surface area contributed by atoms with E-state index in [0.717, 1.165) is 16.9 Å². The maximum Gasteiger partial charge on any atom is 0.257 e. The van der Waals surface area contributed by atoms with Gasteiger partial charge in [0, 0.05) is 18.7 Å². The predicted octanol–water partition coefficient (Wildman–Crippen LogP) is 3.64. The Labute approximate surface area is 149 Å². The van der Waals surface area contributed by atoms with E-state index in [1.165, 1.54) is 31.5 Å². The molecule has 2 aromatic rings. The minimum absolute atomic E-state index is 0.0252. The van der Waals surface area contributed by atoms with Crippen molar-refractivity contribution < 1.29 is 9.53 Å². The summed E-state index contributed by atoms with van der Waals surface area (Å²) in [6.07, 6.45) is 2.58. The number of hydrogen-bond acceptors (Lipinski definition) is 3. The molecular weight excluding hydrogens is 312 g/mol. The van der Waals surface area contributed by atoms with Crippen LogP contribution in [0.5, 0.6) is 5.75 Å². The molecule has 2 aromatic carbocycles. The molecule has 1 aliphatic heterocycles. The number of para-hydroxylation sites is 1. The van der Waals surface area contributed by atoms with E-state index in [0.29, 0.717) is 6.04 Å². The summed E-state index contributed by atoms with van der Waals surface area (Å²) in [7, 11) is 1.61. The number of amides is 1. The van der Waals surface area contributed by atoms with E-state index in [1.54, 1.807) is 7.05 Å². The van der Waals surface area contributed by atoms with Crippen molar-refractivity contribution >= 4 is 5.91 Å². The lowest BCUT2D eigenvalue weighted by molar-refractivity contribution is -0.122. The molecule has 1 amide bonds. The zero-order valence-electron chi connectivity index (χ0n) is 15.0. The van der Waals surface area contributed by atoms with Gasteiger partial charge in [-0.2, -0.15) is 0 Å². The lowest BCUT2D eigenvalue weighted by Crippen LogP contribution is -2.25. The lowest BCUT2D eigenvalue weighted by atomic mass is 9.99. The number of hydrogen-bond donors (Lipinski definition) is 1. The average Bonchev–Trinajstić information content (AvgIpc) is 3.20. The summed E-state index contributed by atoms with van der Waals surface area (Å²) >= 11 is 0. The molecule has 1 aliphatic rings. The highest BCUT2D eigenvalue weighted by molar-refractivity contribution is 5.78. The second kappa shape index (κ2) is 8.17. The van der Waals surface area contributed by atoms with E-state index in [2.05, 4.69) is 41.4 Å². The molecule has 1 N–H and O–H groups in total. The summed E-state index contributed by atoms with van der Waals surface area (Å²) in [4.78, 5) is 14.0. The molecule has 0 aromatic heterocycles. The number of nitrogens with one attached hydrogen (secondary N) is 1. The van der Waals surface area contributed by atoms with Gasteiger partial charge >= 0.3 is 0 Å². The minimum Gasteiger partial charge on any atom is -0.483 e. The Kier molecular flexibility index (Phi) is 5.71. The second-order valence-corrected chi connectivity index (χ2v) is 6.50. The largest absolute Gasteiger partial charge is 0.483 e. The van der Waals surface area contributed by atoms with Gasteiger partial charge in [-0.05, 0) is 56.1 Å². The number of likely N-dealkylation sites (N-methyl/N-ethyl adjacent to an activating group) is 1. The molecule has 1 heterocycles. The fourth-order valence-corrected chi connectivity index (χ4v) is 3.35. The first kappa shape index (κ1) is 17.5. The van der Waals surface area contributed by atoms with Crippen molar-refractivity contribution in [1.82, 2.24) is 10.2 Å². The van der Waals surface area contributed by atoms with E-state index < -0.39 is 0 Å². The number of carbonyl (C=O) groups is 1. The van der Waals surface area contributed by atoms with Crippen LogP contribution in [0.2, 0.25) is 0 Å². The number of carbonyl (C=O) groups excluding carboxylic acids is 1. The van der Waals surface area contributed by atoms with E-state index in [1.807, 2.05) is 24.3 Å². The maximum absolute atomic E-state index is 11.5. The fourth-order valence-electron chi connectivity index (χ4n) is 3.35. The van der Waals surface area contributed by atoms with Crippen molar-refractivity contribution in [2.24, 2.45) is 0 Å². The van der Waals surface area contributed by atoms with Gasteiger partial charge in [0.2, 0.25) is 0 Å². The van der Waals surface area contributed by atoms with Crippen LogP contribution in [0.25, 0.3) is 11.1 Å².